The Labute approximate surface area is 259 Å². The van der Waals surface area contributed by atoms with Gasteiger partial charge in [-0.15, -0.1) is 0 Å². The molecule has 0 saturated carbocycles. The van der Waals surface area contributed by atoms with Crippen LogP contribution < -0.4 is 11.5 Å². The lowest BCUT2D eigenvalue weighted by Crippen LogP contribution is -2.15. The van der Waals surface area contributed by atoms with Crippen molar-refractivity contribution in [3.8, 4) is 28.0 Å². The molecule has 0 atom stereocenters. The first-order valence-electron chi connectivity index (χ1n) is 15.1. The van der Waals surface area contributed by atoms with E-state index in [-0.39, 0.29) is 11.7 Å². The number of allylic oxidation sites excluding steroid dienone is 4. The van der Waals surface area contributed by atoms with Gasteiger partial charge in [-0.3, -0.25) is 9.97 Å². The van der Waals surface area contributed by atoms with Crippen molar-refractivity contribution in [1.29, 1.82) is 0 Å². The van der Waals surface area contributed by atoms with Gasteiger partial charge in [0.25, 0.3) is 0 Å². The van der Waals surface area contributed by atoms with E-state index in [1.807, 2.05) is 18.5 Å². The Kier molecular flexibility index (Phi) is 8.76. The van der Waals surface area contributed by atoms with Crippen molar-refractivity contribution in [3.63, 3.8) is 0 Å². The molecule has 0 bridgehead atoms. The fourth-order valence-electron chi connectivity index (χ4n) is 5.65. The molecular formula is C35H42N8O. The molecule has 4 heterocycles. The van der Waals surface area contributed by atoms with Crippen molar-refractivity contribution in [2.75, 3.05) is 11.5 Å². The van der Waals surface area contributed by atoms with E-state index >= 15 is 0 Å². The zero-order valence-corrected chi connectivity index (χ0v) is 26.3. The second kappa shape index (κ2) is 12.5. The van der Waals surface area contributed by atoms with E-state index in [2.05, 4.69) is 76.7 Å². The average Bonchev–Trinajstić information content (AvgIpc) is 2.98. The Morgan fingerprint density at radius 2 is 1.14 bits per heavy atom. The van der Waals surface area contributed by atoms with Crippen molar-refractivity contribution in [2.24, 2.45) is 10.8 Å². The molecule has 0 aliphatic heterocycles. The lowest BCUT2D eigenvalue weighted by Gasteiger charge is -2.29. The second-order valence-electron chi connectivity index (χ2n) is 13.3. The predicted molar refractivity (Wildman–Crippen MR) is 177 cm³/mol. The number of pyridine rings is 2. The third-order valence-electron chi connectivity index (χ3n) is 8.57. The minimum absolute atomic E-state index is 0.119. The molecule has 5 N–H and O–H groups in total. The highest BCUT2D eigenvalue weighted by Crippen LogP contribution is 2.42. The molecule has 2 aliphatic carbocycles. The Hall–Kier alpha value is -4.66. The number of aryl methyl sites for hydroxylation is 1. The van der Waals surface area contributed by atoms with Crippen LogP contribution in [0.3, 0.4) is 0 Å². The van der Waals surface area contributed by atoms with E-state index in [0.29, 0.717) is 22.3 Å². The lowest BCUT2D eigenvalue weighted by atomic mass is 9.77. The standard InChI is InChI=1S/C18H22N4.C17H20N4O/c1-12-10-20-9-6-14(12)15-11-21-17(19)22-16(15)13-4-7-18(2,3)8-5-13;1-17(2)6-3-11(4-7-17)15-13(9-20-16(18)21-15)12-5-8-19-10-14(12)22/h4,6,9-11H,5,7-8H2,1-3H3,(H2,19,21,22);3,5,8-10,22H,4,6-7H2,1-2H3,(H2,18,20,21). The average molecular weight is 591 g/mol. The number of nitrogens with zero attached hydrogens (tertiary/aromatic N) is 6. The van der Waals surface area contributed by atoms with Crippen LogP contribution in [0.2, 0.25) is 0 Å². The van der Waals surface area contributed by atoms with E-state index in [0.717, 1.165) is 72.2 Å². The number of aromatic hydroxyl groups is 1. The molecular weight excluding hydrogens is 548 g/mol. The van der Waals surface area contributed by atoms with Gasteiger partial charge >= 0.3 is 0 Å². The van der Waals surface area contributed by atoms with Gasteiger partial charge in [-0.2, -0.15) is 0 Å². The number of hydrogen-bond acceptors (Lipinski definition) is 9. The van der Waals surface area contributed by atoms with Crippen LogP contribution in [0.5, 0.6) is 5.75 Å². The van der Waals surface area contributed by atoms with Crippen LogP contribution in [-0.4, -0.2) is 35.0 Å². The Balaban J connectivity index is 0.000000175. The van der Waals surface area contributed by atoms with Gasteiger partial charge < -0.3 is 16.6 Å². The van der Waals surface area contributed by atoms with Gasteiger partial charge in [-0.05, 0) is 90.7 Å². The fourth-order valence-corrected chi connectivity index (χ4v) is 5.65. The van der Waals surface area contributed by atoms with E-state index < -0.39 is 0 Å². The molecule has 0 spiro atoms. The highest BCUT2D eigenvalue weighted by molar-refractivity contribution is 5.82. The maximum Gasteiger partial charge on any atom is 0.220 e. The zero-order chi connectivity index (χ0) is 31.5. The van der Waals surface area contributed by atoms with E-state index in [1.54, 1.807) is 24.7 Å². The molecule has 0 saturated heterocycles. The molecule has 0 unspecified atom stereocenters. The number of nitrogen functional groups attached to an aromatic ring is 2. The van der Waals surface area contributed by atoms with Gasteiger partial charge in [-0.1, -0.05) is 39.8 Å². The van der Waals surface area contributed by atoms with Crippen molar-refractivity contribution in [1.82, 2.24) is 29.9 Å². The van der Waals surface area contributed by atoms with E-state index in [9.17, 15) is 5.11 Å². The molecule has 0 fully saturated rings. The van der Waals surface area contributed by atoms with Crippen LogP contribution in [0.25, 0.3) is 33.4 Å². The minimum atomic E-state index is 0.119. The number of hydrogen-bond donors (Lipinski definition) is 3. The van der Waals surface area contributed by atoms with Crippen molar-refractivity contribution < 1.29 is 5.11 Å². The predicted octanol–water partition coefficient (Wildman–Crippen LogP) is 7.44. The van der Waals surface area contributed by atoms with Gasteiger partial charge in [-0.25, -0.2) is 19.9 Å². The number of nitrogens with two attached hydrogens (primary N) is 2. The molecule has 0 amide bonds. The summed E-state index contributed by atoms with van der Waals surface area (Å²) in [6.45, 7) is 11.2. The van der Waals surface area contributed by atoms with Crippen LogP contribution in [0, 0.1) is 17.8 Å². The molecule has 0 radical (unpaired) electrons. The monoisotopic (exact) mass is 590 g/mol. The molecule has 0 aromatic carbocycles. The molecule has 4 aromatic rings. The summed E-state index contributed by atoms with van der Waals surface area (Å²) in [4.78, 5) is 25.3. The highest BCUT2D eigenvalue weighted by Gasteiger charge is 2.26. The molecule has 6 rings (SSSR count). The molecule has 9 heteroatoms. The Morgan fingerprint density at radius 1 is 0.659 bits per heavy atom. The van der Waals surface area contributed by atoms with Crippen LogP contribution in [0.4, 0.5) is 11.9 Å². The van der Waals surface area contributed by atoms with Crippen molar-refractivity contribution in [3.05, 3.63) is 78.4 Å². The topological polar surface area (TPSA) is 150 Å². The number of anilines is 2. The molecule has 4 aromatic heterocycles. The molecule has 228 valence electrons. The third kappa shape index (κ3) is 7.10. The quantitative estimate of drug-likeness (QED) is 0.220. The summed E-state index contributed by atoms with van der Waals surface area (Å²) in [6.07, 6.45) is 21.1. The maximum atomic E-state index is 10.1. The minimum Gasteiger partial charge on any atom is -0.506 e. The SMILES string of the molecule is CC1(C)CC=C(c2nc(N)ncc2-c2ccncc2O)CC1.Cc1cnccc1-c1cnc(N)nc1C1=CCC(C)(C)CC1. The molecule has 2 aliphatic rings. The van der Waals surface area contributed by atoms with Crippen LogP contribution >= 0.6 is 0 Å². The maximum absolute atomic E-state index is 10.1. The summed E-state index contributed by atoms with van der Waals surface area (Å²) in [5.74, 6) is 0.697. The summed E-state index contributed by atoms with van der Waals surface area (Å²) in [5.41, 5.74) is 21.3. The van der Waals surface area contributed by atoms with Crippen LogP contribution in [0.1, 0.15) is 83.2 Å². The summed E-state index contributed by atoms with van der Waals surface area (Å²) < 4.78 is 0. The summed E-state index contributed by atoms with van der Waals surface area (Å²) in [5, 5.41) is 10.1. The largest absolute Gasteiger partial charge is 0.506 e. The van der Waals surface area contributed by atoms with Crippen molar-refractivity contribution in [2.45, 2.75) is 73.1 Å². The van der Waals surface area contributed by atoms with Gasteiger partial charge in [0.15, 0.2) is 0 Å². The van der Waals surface area contributed by atoms with E-state index in [4.69, 9.17) is 11.5 Å². The van der Waals surface area contributed by atoms with Crippen LogP contribution in [-0.2, 0) is 0 Å². The summed E-state index contributed by atoms with van der Waals surface area (Å²) in [7, 11) is 0. The first-order valence-corrected chi connectivity index (χ1v) is 15.1. The fraction of sp³-hybridized carbons (Fsp3) is 0.371. The zero-order valence-electron chi connectivity index (χ0n) is 26.3. The van der Waals surface area contributed by atoms with Gasteiger partial charge in [0.05, 0.1) is 17.6 Å². The van der Waals surface area contributed by atoms with Gasteiger partial charge in [0, 0.05) is 47.7 Å². The summed E-state index contributed by atoms with van der Waals surface area (Å²) in [6, 6.07) is 3.78. The van der Waals surface area contributed by atoms with Gasteiger partial charge in [0.1, 0.15) is 5.75 Å². The molecule has 9 nitrogen and oxygen atoms in total. The highest BCUT2D eigenvalue weighted by atomic mass is 16.3. The number of aromatic nitrogens is 6. The third-order valence-corrected chi connectivity index (χ3v) is 8.57. The van der Waals surface area contributed by atoms with Gasteiger partial charge in [0.2, 0.25) is 11.9 Å². The van der Waals surface area contributed by atoms with Crippen LogP contribution in [0.15, 0.2) is 61.5 Å². The first kappa shape index (κ1) is 30.8. The Bertz CT molecular complexity index is 1600. The van der Waals surface area contributed by atoms with Crippen molar-refractivity contribution >= 4 is 23.0 Å². The first-order chi connectivity index (χ1) is 20.9. The van der Waals surface area contributed by atoms with E-state index in [1.165, 1.54) is 17.3 Å². The Morgan fingerprint density at radius 3 is 1.59 bits per heavy atom. The normalized spacial score (nSPS) is 17.1. The lowest BCUT2D eigenvalue weighted by molar-refractivity contribution is 0.334. The second-order valence-corrected chi connectivity index (χ2v) is 13.3. The smallest absolute Gasteiger partial charge is 0.220 e. The molecule has 44 heavy (non-hydrogen) atoms. The summed E-state index contributed by atoms with van der Waals surface area (Å²) >= 11 is 0. The number of rotatable bonds is 4.